The highest BCUT2D eigenvalue weighted by Crippen LogP contribution is 2.35. The molecule has 3 heterocycles. The second-order valence-electron chi connectivity index (χ2n) is 7.41. The van der Waals surface area contributed by atoms with Gasteiger partial charge in [0, 0.05) is 25.0 Å². The largest absolute Gasteiger partial charge is 0.383 e. The molecule has 0 bridgehead atoms. The number of rotatable bonds is 7. The Morgan fingerprint density at radius 1 is 1.38 bits per heavy atom. The summed E-state index contributed by atoms with van der Waals surface area (Å²) in [7, 11) is 1.66. The highest BCUT2D eigenvalue weighted by atomic mass is 32.1. The molecule has 9 heteroatoms. The Morgan fingerprint density at radius 2 is 2.14 bits per heavy atom. The standard InChI is InChI=1S/C20H29N5O3S/c1-4-6-9-25-18(21)17(19(27)22-20(25)28)23(3)12-16(26)24-10-7-15-13(8-11-29-15)14(24)5-2/h8,11,14H,4-7,9-10,12,21H2,1-3H3,(H,22,27,28). The van der Waals surface area contributed by atoms with Gasteiger partial charge in [-0.15, -0.1) is 11.3 Å². The van der Waals surface area contributed by atoms with Crippen molar-refractivity contribution in [2.45, 2.75) is 52.1 Å². The van der Waals surface area contributed by atoms with Gasteiger partial charge in [0.2, 0.25) is 5.91 Å². The normalized spacial score (nSPS) is 16.0. The van der Waals surface area contributed by atoms with Crippen molar-refractivity contribution in [3.8, 4) is 0 Å². The smallest absolute Gasteiger partial charge is 0.330 e. The first-order valence-corrected chi connectivity index (χ1v) is 11.0. The van der Waals surface area contributed by atoms with E-state index in [2.05, 4.69) is 23.4 Å². The van der Waals surface area contributed by atoms with Crippen LogP contribution in [0.4, 0.5) is 11.5 Å². The lowest BCUT2D eigenvalue weighted by Crippen LogP contribution is -2.46. The fourth-order valence-electron chi connectivity index (χ4n) is 3.99. The average molecular weight is 420 g/mol. The van der Waals surface area contributed by atoms with Crippen molar-refractivity contribution in [3.63, 3.8) is 0 Å². The van der Waals surface area contributed by atoms with Crippen molar-refractivity contribution in [1.29, 1.82) is 0 Å². The summed E-state index contributed by atoms with van der Waals surface area (Å²) >= 11 is 1.74. The van der Waals surface area contributed by atoms with Gasteiger partial charge in [0.05, 0.1) is 12.6 Å². The molecule has 1 unspecified atom stereocenters. The molecule has 1 aliphatic rings. The summed E-state index contributed by atoms with van der Waals surface area (Å²) in [6, 6.07) is 2.16. The Labute approximate surface area is 173 Å². The number of amides is 1. The van der Waals surface area contributed by atoms with Crippen LogP contribution in [0.25, 0.3) is 0 Å². The molecule has 3 rings (SSSR count). The summed E-state index contributed by atoms with van der Waals surface area (Å²) in [5, 5.41) is 2.08. The van der Waals surface area contributed by atoms with E-state index >= 15 is 0 Å². The molecule has 1 atom stereocenters. The summed E-state index contributed by atoms with van der Waals surface area (Å²) in [6.07, 6.45) is 3.35. The molecule has 0 aliphatic carbocycles. The number of unbranched alkanes of at least 4 members (excludes halogenated alkanes) is 1. The second-order valence-corrected chi connectivity index (χ2v) is 8.42. The van der Waals surface area contributed by atoms with E-state index in [1.807, 2.05) is 11.8 Å². The molecular formula is C20H29N5O3S. The monoisotopic (exact) mass is 419 g/mol. The number of carbonyl (C=O) groups is 1. The fraction of sp³-hybridized carbons (Fsp3) is 0.550. The lowest BCUT2D eigenvalue weighted by atomic mass is 9.97. The zero-order valence-electron chi connectivity index (χ0n) is 17.2. The lowest BCUT2D eigenvalue weighted by molar-refractivity contribution is -0.132. The van der Waals surface area contributed by atoms with Gasteiger partial charge >= 0.3 is 5.69 Å². The first-order valence-electron chi connectivity index (χ1n) is 10.1. The molecule has 2 aromatic heterocycles. The predicted octanol–water partition coefficient (Wildman–Crippen LogP) is 1.95. The van der Waals surface area contributed by atoms with Crippen LogP contribution in [0.1, 0.15) is 49.6 Å². The number of nitrogen functional groups attached to an aromatic ring is 1. The minimum atomic E-state index is -0.568. The van der Waals surface area contributed by atoms with Crippen LogP contribution in [0.5, 0.6) is 0 Å². The molecule has 3 N–H and O–H groups in total. The van der Waals surface area contributed by atoms with Crippen LogP contribution in [0.15, 0.2) is 21.0 Å². The SMILES string of the molecule is CCCCn1c(N)c(N(C)CC(=O)N2CCc3sccc3C2CC)c(=O)[nH]c1=O. The molecule has 0 spiro atoms. The van der Waals surface area contributed by atoms with E-state index in [4.69, 9.17) is 5.73 Å². The molecule has 0 aromatic carbocycles. The van der Waals surface area contributed by atoms with Gasteiger partial charge in [-0.25, -0.2) is 4.79 Å². The topological polar surface area (TPSA) is 104 Å². The van der Waals surface area contributed by atoms with E-state index in [0.29, 0.717) is 13.1 Å². The minimum Gasteiger partial charge on any atom is -0.383 e. The maximum absolute atomic E-state index is 13.1. The molecule has 0 radical (unpaired) electrons. The van der Waals surface area contributed by atoms with E-state index in [-0.39, 0.29) is 30.0 Å². The number of likely N-dealkylation sites (N-methyl/N-ethyl adjacent to an activating group) is 1. The minimum absolute atomic E-state index is 0.0230. The van der Waals surface area contributed by atoms with Gasteiger partial charge in [0.1, 0.15) is 11.5 Å². The van der Waals surface area contributed by atoms with E-state index in [9.17, 15) is 14.4 Å². The number of hydrogen-bond donors (Lipinski definition) is 2. The quantitative estimate of drug-likeness (QED) is 0.714. The molecule has 29 heavy (non-hydrogen) atoms. The Bertz CT molecular complexity index is 993. The Kier molecular flexibility index (Phi) is 6.46. The van der Waals surface area contributed by atoms with Crippen molar-refractivity contribution >= 4 is 28.7 Å². The third kappa shape index (κ3) is 4.10. The van der Waals surface area contributed by atoms with Crippen molar-refractivity contribution in [1.82, 2.24) is 14.5 Å². The highest BCUT2D eigenvalue weighted by Gasteiger charge is 2.31. The van der Waals surface area contributed by atoms with Crippen molar-refractivity contribution < 1.29 is 4.79 Å². The number of thiophene rings is 1. The summed E-state index contributed by atoms with van der Waals surface area (Å²) < 4.78 is 1.37. The first kappa shape index (κ1) is 21.2. The van der Waals surface area contributed by atoms with E-state index < -0.39 is 11.2 Å². The molecule has 0 fully saturated rings. The van der Waals surface area contributed by atoms with Gasteiger partial charge in [-0.2, -0.15) is 0 Å². The number of aromatic nitrogens is 2. The Hall–Kier alpha value is -2.55. The van der Waals surface area contributed by atoms with Crippen molar-refractivity contribution in [2.75, 3.05) is 30.8 Å². The van der Waals surface area contributed by atoms with E-state index in [1.54, 1.807) is 23.3 Å². The Balaban J connectivity index is 1.83. The van der Waals surface area contributed by atoms with Crippen molar-refractivity contribution in [3.05, 3.63) is 42.7 Å². The summed E-state index contributed by atoms with van der Waals surface area (Å²) in [5.41, 5.74) is 6.47. The number of nitrogens with zero attached hydrogens (tertiary/aromatic N) is 3. The number of H-pyrrole nitrogens is 1. The zero-order chi connectivity index (χ0) is 21.1. The molecule has 0 saturated carbocycles. The molecule has 0 saturated heterocycles. The molecule has 1 amide bonds. The summed E-state index contributed by atoms with van der Waals surface area (Å²) in [6.45, 7) is 5.21. The van der Waals surface area contributed by atoms with Crippen LogP contribution in [0.2, 0.25) is 0 Å². The summed E-state index contributed by atoms with van der Waals surface area (Å²) in [4.78, 5) is 44.7. The van der Waals surface area contributed by atoms with Gasteiger partial charge in [-0.05, 0) is 36.3 Å². The van der Waals surface area contributed by atoms with Crippen LogP contribution in [-0.2, 0) is 17.8 Å². The van der Waals surface area contributed by atoms with Gasteiger partial charge in [0.25, 0.3) is 5.56 Å². The van der Waals surface area contributed by atoms with Crippen LogP contribution < -0.4 is 21.9 Å². The predicted molar refractivity (Wildman–Crippen MR) is 117 cm³/mol. The molecule has 2 aromatic rings. The number of aromatic amines is 1. The summed E-state index contributed by atoms with van der Waals surface area (Å²) in [5.74, 6) is 0.0506. The first-order chi connectivity index (χ1) is 13.9. The number of fused-ring (bicyclic) bond motifs is 1. The van der Waals surface area contributed by atoms with Gasteiger partial charge in [-0.1, -0.05) is 20.3 Å². The molecule has 1 aliphatic heterocycles. The molecule has 8 nitrogen and oxygen atoms in total. The lowest BCUT2D eigenvalue weighted by Gasteiger charge is -2.36. The number of hydrogen-bond acceptors (Lipinski definition) is 6. The van der Waals surface area contributed by atoms with Crippen molar-refractivity contribution in [2.24, 2.45) is 0 Å². The van der Waals surface area contributed by atoms with Crippen LogP contribution in [-0.4, -0.2) is 40.5 Å². The number of nitrogens with one attached hydrogen (secondary N) is 1. The molecule has 158 valence electrons. The van der Waals surface area contributed by atoms with E-state index in [0.717, 1.165) is 25.7 Å². The van der Waals surface area contributed by atoms with Gasteiger partial charge in [0.15, 0.2) is 0 Å². The maximum atomic E-state index is 13.1. The molecular weight excluding hydrogens is 390 g/mol. The number of carbonyl (C=O) groups excluding carboxylic acids is 1. The third-order valence-electron chi connectivity index (χ3n) is 5.51. The van der Waals surface area contributed by atoms with Gasteiger partial charge < -0.3 is 15.5 Å². The van der Waals surface area contributed by atoms with Crippen LogP contribution in [0, 0.1) is 0 Å². The van der Waals surface area contributed by atoms with Gasteiger partial charge in [-0.3, -0.25) is 19.1 Å². The second kappa shape index (κ2) is 8.86. The van der Waals surface area contributed by atoms with Crippen LogP contribution >= 0.6 is 11.3 Å². The Morgan fingerprint density at radius 3 is 2.83 bits per heavy atom. The fourth-order valence-corrected chi connectivity index (χ4v) is 4.92. The zero-order valence-corrected chi connectivity index (χ0v) is 18.1. The van der Waals surface area contributed by atoms with Crippen LogP contribution in [0.3, 0.4) is 0 Å². The average Bonchev–Trinajstić information content (AvgIpc) is 3.15. The van der Waals surface area contributed by atoms with E-state index in [1.165, 1.54) is 15.0 Å². The number of anilines is 2. The highest BCUT2D eigenvalue weighted by molar-refractivity contribution is 7.10. The maximum Gasteiger partial charge on any atom is 0.330 e. The number of nitrogens with two attached hydrogens (primary N) is 1. The third-order valence-corrected chi connectivity index (χ3v) is 6.50.